The average molecular weight is 391 g/mol. The minimum Gasteiger partial charge on any atom is -0.492 e. The van der Waals surface area contributed by atoms with Gasteiger partial charge in [0, 0.05) is 14.1 Å². The molecule has 2 rings (SSSR count). The largest absolute Gasteiger partial charge is 0.492 e. The van der Waals surface area contributed by atoms with Crippen LogP contribution in [0.25, 0.3) is 0 Å². The number of rotatable bonds is 8. The second-order valence-electron chi connectivity index (χ2n) is 6.56. The number of sulfonamides is 1. The second-order valence-corrected chi connectivity index (χ2v) is 8.72. The van der Waals surface area contributed by atoms with Crippen LogP contribution < -0.4 is 10.1 Å². The highest BCUT2D eigenvalue weighted by atomic mass is 32.2. The smallest absolute Gasteiger partial charge is 0.242 e. The van der Waals surface area contributed by atoms with Crippen molar-refractivity contribution in [2.24, 2.45) is 0 Å². The van der Waals surface area contributed by atoms with Crippen LogP contribution in [0.15, 0.2) is 47.4 Å². The molecule has 0 aliphatic rings. The molecular weight excluding hydrogens is 364 g/mol. The maximum atomic E-state index is 12.0. The Morgan fingerprint density at radius 1 is 1.07 bits per heavy atom. The molecule has 0 fully saturated rings. The zero-order valence-electron chi connectivity index (χ0n) is 16.2. The van der Waals surface area contributed by atoms with Crippen LogP contribution in [0.4, 0.5) is 0 Å². The quantitative estimate of drug-likeness (QED) is 0.702. The molecule has 6 nitrogen and oxygen atoms in total. The second kappa shape index (κ2) is 9.01. The van der Waals surface area contributed by atoms with Gasteiger partial charge in [-0.15, -0.1) is 0 Å². The van der Waals surface area contributed by atoms with E-state index in [1.165, 1.54) is 31.8 Å². The Morgan fingerprint density at radius 3 is 2.33 bits per heavy atom. The van der Waals surface area contributed by atoms with Gasteiger partial charge in [0.1, 0.15) is 12.4 Å². The molecule has 2 aromatic rings. The summed E-state index contributed by atoms with van der Waals surface area (Å²) in [4.78, 5) is 12.3. The summed E-state index contributed by atoms with van der Waals surface area (Å²) in [6.45, 7) is 4.70. The number of carbonyl (C=O) groups is 1. The van der Waals surface area contributed by atoms with Crippen molar-refractivity contribution in [3.63, 3.8) is 0 Å². The first-order chi connectivity index (χ1) is 12.7. The standard InChI is InChI=1S/C20H26N2O4S/c1-15-5-6-17(16(2)13-15)14-20(23)21-11-12-26-18-7-9-19(10-8-18)27(24,25)22(3)4/h5-10,13H,11-12,14H2,1-4H3,(H,21,23). The molecule has 0 heterocycles. The molecule has 0 bridgehead atoms. The van der Waals surface area contributed by atoms with Crippen LogP contribution in [0.5, 0.6) is 5.75 Å². The molecule has 146 valence electrons. The van der Waals surface area contributed by atoms with Crippen LogP contribution >= 0.6 is 0 Å². The first-order valence-corrected chi connectivity index (χ1v) is 10.1. The van der Waals surface area contributed by atoms with Crippen molar-refractivity contribution in [3.05, 3.63) is 59.2 Å². The molecule has 0 aromatic heterocycles. The van der Waals surface area contributed by atoms with Crippen LogP contribution in [-0.2, 0) is 21.2 Å². The van der Waals surface area contributed by atoms with E-state index in [9.17, 15) is 13.2 Å². The van der Waals surface area contributed by atoms with Gasteiger partial charge >= 0.3 is 0 Å². The summed E-state index contributed by atoms with van der Waals surface area (Å²) in [5.74, 6) is 0.495. The molecule has 2 aromatic carbocycles. The number of hydrogen-bond acceptors (Lipinski definition) is 4. The predicted octanol–water partition coefficient (Wildman–Crippen LogP) is 2.29. The maximum Gasteiger partial charge on any atom is 0.242 e. The monoisotopic (exact) mass is 390 g/mol. The van der Waals surface area contributed by atoms with Crippen molar-refractivity contribution in [1.82, 2.24) is 9.62 Å². The molecule has 0 saturated heterocycles. The molecule has 0 unspecified atom stereocenters. The van der Waals surface area contributed by atoms with E-state index in [0.29, 0.717) is 25.3 Å². The van der Waals surface area contributed by atoms with Crippen LogP contribution in [-0.4, -0.2) is 45.9 Å². The molecule has 0 atom stereocenters. The number of amides is 1. The van der Waals surface area contributed by atoms with E-state index >= 15 is 0 Å². The number of hydrogen-bond donors (Lipinski definition) is 1. The van der Waals surface area contributed by atoms with E-state index in [1.54, 1.807) is 12.1 Å². The lowest BCUT2D eigenvalue weighted by molar-refractivity contribution is -0.120. The van der Waals surface area contributed by atoms with E-state index in [2.05, 4.69) is 11.4 Å². The zero-order valence-corrected chi connectivity index (χ0v) is 17.0. The van der Waals surface area contributed by atoms with Gasteiger partial charge < -0.3 is 10.1 Å². The van der Waals surface area contributed by atoms with Gasteiger partial charge in [-0.05, 0) is 49.2 Å². The Kier molecular flexibility index (Phi) is 6.98. The SMILES string of the molecule is Cc1ccc(CC(=O)NCCOc2ccc(S(=O)(=O)N(C)C)cc2)c(C)c1. The van der Waals surface area contributed by atoms with Crippen LogP contribution in [0.3, 0.4) is 0 Å². The number of carbonyl (C=O) groups excluding carboxylic acids is 1. The Labute approximate surface area is 161 Å². The maximum absolute atomic E-state index is 12.0. The average Bonchev–Trinajstić information content (AvgIpc) is 2.61. The predicted molar refractivity (Wildman–Crippen MR) is 105 cm³/mol. The Morgan fingerprint density at radius 2 is 1.74 bits per heavy atom. The number of aryl methyl sites for hydroxylation is 2. The van der Waals surface area contributed by atoms with E-state index in [0.717, 1.165) is 15.4 Å². The van der Waals surface area contributed by atoms with Crippen molar-refractivity contribution >= 4 is 15.9 Å². The lowest BCUT2D eigenvalue weighted by Gasteiger charge is -2.12. The highest BCUT2D eigenvalue weighted by Crippen LogP contribution is 2.18. The van der Waals surface area contributed by atoms with Crippen molar-refractivity contribution < 1.29 is 17.9 Å². The van der Waals surface area contributed by atoms with Crippen molar-refractivity contribution in [2.45, 2.75) is 25.2 Å². The minimum absolute atomic E-state index is 0.0574. The van der Waals surface area contributed by atoms with Gasteiger partial charge in [0.05, 0.1) is 17.9 Å². The first kappa shape index (κ1) is 20.9. The Balaban J connectivity index is 1.79. The van der Waals surface area contributed by atoms with Gasteiger partial charge in [0.2, 0.25) is 15.9 Å². The fraction of sp³-hybridized carbons (Fsp3) is 0.350. The third-order valence-corrected chi connectivity index (χ3v) is 5.97. The van der Waals surface area contributed by atoms with E-state index < -0.39 is 10.0 Å². The van der Waals surface area contributed by atoms with Crippen molar-refractivity contribution in [3.8, 4) is 5.75 Å². The number of benzene rings is 2. The normalized spacial score (nSPS) is 11.4. The molecule has 27 heavy (non-hydrogen) atoms. The molecule has 1 amide bonds. The highest BCUT2D eigenvalue weighted by Gasteiger charge is 2.16. The van der Waals surface area contributed by atoms with E-state index in [4.69, 9.17) is 4.74 Å². The zero-order chi connectivity index (χ0) is 20.0. The number of nitrogens with zero attached hydrogens (tertiary/aromatic N) is 1. The Hall–Kier alpha value is -2.38. The van der Waals surface area contributed by atoms with Crippen LogP contribution in [0.1, 0.15) is 16.7 Å². The molecule has 7 heteroatoms. The topological polar surface area (TPSA) is 75.7 Å². The van der Waals surface area contributed by atoms with Gasteiger partial charge in [-0.1, -0.05) is 23.8 Å². The third kappa shape index (κ3) is 5.80. The summed E-state index contributed by atoms with van der Waals surface area (Å²) in [6.07, 6.45) is 0.337. The third-order valence-electron chi connectivity index (χ3n) is 4.14. The molecule has 1 N–H and O–H groups in total. The minimum atomic E-state index is -3.45. The van der Waals surface area contributed by atoms with Crippen molar-refractivity contribution in [1.29, 1.82) is 0 Å². The summed E-state index contributed by atoms with van der Waals surface area (Å²) >= 11 is 0. The fourth-order valence-corrected chi connectivity index (χ4v) is 3.46. The van der Waals surface area contributed by atoms with Gasteiger partial charge in [0.15, 0.2) is 0 Å². The van der Waals surface area contributed by atoms with E-state index in [1.807, 2.05) is 26.0 Å². The van der Waals surface area contributed by atoms with E-state index in [-0.39, 0.29) is 10.8 Å². The first-order valence-electron chi connectivity index (χ1n) is 8.68. The summed E-state index contributed by atoms with van der Waals surface area (Å²) in [5, 5.41) is 2.83. The van der Waals surface area contributed by atoms with Crippen molar-refractivity contribution in [2.75, 3.05) is 27.2 Å². The summed E-state index contributed by atoms with van der Waals surface area (Å²) in [7, 11) is -0.472. The molecule has 0 radical (unpaired) electrons. The lowest BCUT2D eigenvalue weighted by atomic mass is 10.0. The van der Waals surface area contributed by atoms with Gasteiger partial charge in [0.25, 0.3) is 0 Å². The summed E-state index contributed by atoms with van der Waals surface area (Å²) in [6, 6.07) is 12.3. The molecular formula is C20H26N2O4S. The molecule has 0 aliphatic carbocycles. The summed E-state index contributed by atoms with van der Waals surface area (Å²) < 4.78 is 30.7. The lowest BCUT2D eigenvalue weighted by Crippen LogP contribution is -2.29. The van der Waals surface area contributed by atoms with Gasteiger partial charge in [-0.2, -0.15) is 0 Å². The Bertz CT molecular complexity index is 891. The molecule has 0 aliphatic heterocycles. The van der Waals surface area contributed by atoms with Crippen LogP contribution in [0, 0.1) is 13.8 Å². The number of ether oxygens (including phenoxy) is 1. The summed E-state index contributed by atoms with van der Waals surface area (Å²) in [5.41, 5.74) is 3.29. The number of nitrogens with one attached hydrogen (secondary N) is 1. The fourth-order valence-electron chi connectivity index (χ4n) is 2.56. The van der Waals surface area contributed by atoms with Gasteiger partial charge in [-0.3, -0.25) is 4.79 Å². The van der Waals surface area contributed by atoms with Gasteiger partial charge in [-0.25, -0.2) is 12.7 Å². The van der Waals surface area contributed by atoms with Crippen LogP contribution in [0.2, 0.25) is 0 Å². The molecule has 0 saturated carbocycles. The molecule has 0 spiro atoms. The highest BCUT2D eigenvalue weighted by molar-refractivity contribution is 7.89.